The summed E-state index contributed by atoms with van der Waals surface area (Å²) in [6, 6.07) is 0. The highest BCUT2D eigenvalue weighted by atomic mass is 16.5. The third-order valence-electron chi connectivity index (χ3n) is 1.67. The van der Waals surface area contributed by atoms with Crippen molar-refractivity contribution in [1.82, 2.24) is 0 Å². The Hall–Kier alpha value is -0.570. The molecule has 0 fully saturated rings. The van der Waals surface area contributed by atoms with E-state index in [0.717, 1.165) is 0 Å². The Kier molecular flexibility index (Phi) is 4.86. The minimum Gasteiger partial charge on any atom is -0.469 e. The lowest BCUT2D eigenvalue weighted by atomic mass is 9.98. The highest BCUT2D eigenvalue weighted by molar-refractivity contribution is 5.71. The number of hydrogen-bond acceptors (Lipinski definition) is 3. The van der Waals surface area contributed by atoms with Gasteiger partial charge in [0, 0.05) is 6.61 Å². The predicted molar refractivity (Wildman–Crippen MR) is 42.0 cm³/mol. The van der Waals surface area contributed by atoms with E-state index < -0.39 is 0 Å². The highest BCUT2D eigenvalue weighted by Gasteiger charge is 2.15. The molecule has 0 saturated heterocycles. The number of carbonyl (C=O) groups excluding carboxylic acids is 1. The summed E-state index contributed by atoms with van der Waals surface area (Å²) in [6.45, 7) is 3.83. The summed E-state index contributed by atoms with van der Waals surface area (Å²) in [4.78, 5) is 10.9. The van der Waals surface area contributed by atoms with Crippen LogP contribution in [-0.4, -0.2) is 24.8 Å². The molecule has 0 aromatic heterocycles. The maximum Gasteiger partial charge on any atom is 0.308 e. The summed E-state index contributed by atoms with van der Waals surface area (Å²) >= 11 is 0. The number of esters is 1. The van der Waals surface area contributed by atoms with Crippen LogP contribution in [0.25, 0.3) is 0 Å². The summed E-state index contributed by atoms with van der Waals surface area (Å²) in [6.07, 6.45) is 0.684. The number of rotatable bonds is 4. The van der Waals surface area contributed by atoms with Gasteiger partial charge in [-0.15, -0.1) is 0 Å². The molecule has 0 rings (SSSR count). The van der Waals surface area contributed by atoms with E-state index in [9.17, 15) is 4.79 Å². The number of aliphatic hydroxyl groups is 1. The van der Waals surface area contributed by atoms with Crippen molar-refractivity contribution in [2.45, 2.75) is 20.3 Å². The van der Waals surface area contributed by atoms with Crippen molar-refractivity contribution in [3.63, 3.8) is 0 Å². The van der Waals surface area contributed by atoms with Gasteiger partial charge in [-0.05, 0) is 12.3 Å². The summed E-state index contributed by atoms with van der Waals surface area (Å²) in [5.74, 6) is -0.142. The Bertz CT molecular complexity index is 123. The minimum absolute atomic E-state index is 0.109. The van der Waals surface area contributed by atoms with Crippen molar-refractivity contribution in [2.24, 2.45) is 11.8 Å². The molecule has 0 amide bonds. The summed E-state index contributed by atoms with van der Waals surface area (Å²) in [5, 5.41) is 8.69. The molecule has 1 N–H and O–H groups in total. The van der Waals surface area contributed by atoms with Crippen LogP contribution in [0.5, 0.6) is 0 Å². The average molecular weight is 160 g/mol. The van der Waals surface area contributed by atoms with Gasteiger partial charge in [-0.2, -0.15) is 0 Å². The quantitative estimate of drug-likeness (QED) is 0.619. The van der Waals surface area contributed by atoms with Gasteiger partial charge >= 0.3 is 5.97 Å². The van der Waals surface area contributed by atoms with Gasteiger partial charge in [-0.1, -0.05) is 13.8 Å². The SMILES string of the molecule is COC(=O)[C@@H](C)C[C@H](C)CO. The van der Waals surface area contributed by atoms with Crippen LogP contribution in [0.1, 0.15) is 20.3 Å². The highest BCUT2D eigenvalue weighted by Crippen LogP contribution is 2.11. The Labute approximate surface area is 67.4 Å². The fourth-order valence-electron chi connectivity index (χ4n) is 0.975. The molecular formula is C8H16O3. The molecule has 66 valence electrons. The van der Waals surface area contributed by atoms with Crippen LogP contribution in [-0.2, 0) is 9.53 Å². The van der Waals surface area contributed by atoms with Crippen molar-refractivity contribution in [2.75, 3.05) is 13.7 Å². The molecule has 0 aromatic carbocycles. The molecule has 0 aliphatic rings. The minimum atomic E-state index is -0.203. The van der Waals surface area contributed by atoms with Gasteiger partial charge in [0.15, 0.2) is 0 Å². The lowest BCUT2D eigenvalue weighted by Crippen LogP contribution is -2.17. The van der Waals surface area contributed by atoms with Crippen LogP contribution in [0.15, 0.2) is 0 Å². The second-order valence-corrected chi connectivity index (χ2v) is 2.95. The van der Waals surface area contributed by atoms with Crippen molar-refractivity contribution in [3.05, 3.63) is 0 Å². The van der Waals surface area contributed by atoms with Gasteiger partial charge in [0.25, 0.3) is 0 Å². The molecule has 3 nitrogen and oxygen atoms in total. The van der Waals surface area contributed by atoms with Crippen LogP contribution in [0.3, 0.4) is 0 Å². The van der Waals surface area contributed by atoms with Gasteiger partial charge in [-0.3, -0.25) is 4.79 Å². The zero-order valence-electron chi connectivity index (χ0n) is 7.33. The summed E-state index contributed by atoms with van der Waals surface area (Å²) < 4.78 is 4.54. The van der Waals surface area contributed by atoms with Crippen LogP contribution in [0, 0.1) is 11.8 Å². The van der Waals surface area contributed by atoms with Crippen molar-refractivity contribution in [3.8, 4) is 0 Å². The molecule has 0 saturated carbocycles. The molecule has 0 aliphatic carbocycles. The lowest BCUT2D eigenvalue weighted by molar-refractivity contribution is -0.145. The first-order valence-electron chi connectivity index (χ1n) is 3.80. The average Bonchev–Trinajstić information content (AvgIpc) is 2.02. The first-order valence-corrected chi connectivity index (χ1v) is 3.80. The van der Waals surface area contributed by atoms with Gasteiger partial charge in [0.05, 0.1) is 13.0 Å². The van der Waals surface area contributed by atoms with Crippen molar-refractivity contribution in [1.29, 1.82) is 0 Å². The molecule has 2 atom stereocenters. The van der Waals surface area contributed by atoms with E-state index in [4.69, 9.17) is 5.11 Å². The van der Waals surface area contributed by atoms with Crippen molar-refractivity contribution < 1.29 is 14.6 Å². The molecule has 11 heavy (non-hydrogen) atoms. The molecule has 0 radical (unpaired) electrons. The smallest absolute Gasteiger partial charge is 0.308 e. The first kappa shape index (κ1) is 10.4. The van der Waals surface area contributed by atoms with E-state index in [1.807, 2.05) is 6.92 Å². The Morgan fingerprint density at radius 1 is 1.55 bits per heavy atom. The lowest BCUT2D eigenvalue weighted by Gasteiger charge is -2.12. The Balaban J connectivity index is 3.67. The number of carbonyl (C=O) groups is 1. The Morgan fingerprint density at radius 2 is 2.09 bits per heavy atom. The molecular weight excluding hydrogens is 144 g/mol. The summed E-state index contributed by atoms with van der Waals surface area (Å²) in [7, 11) is 1.38. The van der Waals surface area contributed by atoms with Gasteiger partial charge in [0.1, 0.15) is 0 Å². The molecule has 0 aliphatic heterocycles. The molecule has 0 unspecified atom stereocenters. The van der Waals surface area contributed by atoms with Gasteiger partial charge in [-0.25, -0.2) is 0 Å². The second kappa shape index (κ2) is 5.13. The zero-order chi connectivity index (χ0) is 8.85. The van der Waals surface area contributed by atoms with E-state index in [1.54, 1.807) is 6.92 Å². The molecule has 3 heteroatoms. The van der Waals surface area contributed by atoms with Gasteiger partial charge in [0.2, 0.25) is 0 Å². The molecule has 0 spiro atoms. The number of ether oxygens (including phenoxy) is 1. The van der Waals surface area contributed by atoms with E-state index in [1.165, 1.54) is 7.11 Å². The molecule has 0 aromatic rings. The third kappa shape index (κ3) is 3.98. The van der Waals surface area contributed by atoms with Crippen LogP contribution >= 0.6 is 0 Å². The first-order chi connectivity index (χ1) is 5.11. The fraction of sp³-hybridized carbons (Fsp3) is 0.875. The number of aliphatic hydroxyl groups excluding tert-OH is 1. The zero-order valence-corrected chi connectivity index (χ0v) is 7.33. The van der Waals surface area contributed by atoms with Crippen LogP contribution < -0.4 is 0 Å². The van der Waals surface area contributed by atoms with E-state index in [2.05, 4.69) is 4.74 Å². The Morgan fingerprint density at radius 3 is 2.45 bits per heavy atom. The van der Waals surface area contributed by atoms with E-state index in [-0.39, 0.29) is 24.4 Å². The fourth-order valence-corrected chi connectivity index (χ4v) is 0.975. The largest absolute Gasteiger partial charge is 0.469 e. The van der Waals surface area contributed by atoms with Crippen molar-refractivity contribution >= 4 is 5.97 Å². The van der Waals surface area contributed by atoms with Crippen LogP contribution in [0.2, 0.25) is 0 Å². The van der Waals surface area contributed by atoms with E-state index in [0.29, 0.717) is 6.42 Å². The normalized spacial score (nSPS) is 15.6. The molecule has 0 heterocycles. The van der Waals surface area contributed by atoms with E-state index >= 15 is 0 Å². The topological polar surface area (TPSA) is 46.5 Å². The number of hydrogen-bond donors (Lipinski definition) is 1. The standard InChI is InChI=1S/C8H16O3/c1-6(5-9)4-7(2)8(10)11-3/h6-7,9H,4-5H2,1-3H3/t6-,7-/m0/s1. The van der Waals surface area contributed by atoms with Crippen LogP contribution in [0.4, 0.5) is 0 Å². The number of methoxy groups -OCH3 is 1. The molecule has 0 bridgehead atoms. The monoisotopic (exact) mass is 160 g/mol. The second-order valence-electron chi connectivity index (χ2n) is 2.95. The maximum absolute atomic E-state index is 10.9. The summed E-state index contributed by atoms with van der Waals surface area (Å²) in [5.41, 5.74) is 0. The maximum atomic E-state index is 10.9. The third-order valence-corrected chi connectivity index (χ3v) is 1.67. The van der Waals surface area contributed by atoms with Gasteiger partial charge < -0.3 is 9.84 Å². The predicted octanol–water partition coefficient (Wildman–Crippen LogP) is 0.814.